The zero-order valence-corrected chi connectivity index (χ0v) is 13.3. The molecule has 1 aromatic heterocycles. The van der Waals surface area contributed by atoms with Crippen LogP contribution in [0.5, 0.6) is 0 Å². The van der Waals surface area contributed by atoms with E-state index in [1.54, 1.807) is 6.33 Å². The number of hydrogen-bond donors (Lipinski definition) is 1. The molecule has 0 saturated carbocycles. The highest BCUT2D eigenvalue weighted by molar-refractivity contribution is 5.47. The van der Waals surface area contributed by atoms with Crippen molar-refractivity contribution >= 4 is 5.82 Å². The van der Waals surface area contributed by atoms with Crippen LogP contribution < -0.4 is 5.32 Å². The normalized spacial score (nSPS) is 21.4. The molecule has 3 rings (SSSR count). The molecule has 1 aromatic rings. The SMILES string of the molecule is CC(CN1CCCCC1)Nc1ncnc2c1CCCCC2. The summed E-state index contributed by atoms with van der Waals surface area (Å²) in [5, 5.41) is 3.65. The molecule has 1 saturated heterocycles. The van der Waals surface area contributed by atoms with E-state index in [1.165, 1.54) is 62.9 Å². The van der Waals surface area contributed by atoms with Crippen LogP contribution in [0.2, 0.25) is 0 Å². The van der Waals surface area contributed by atoms with Gasteiger partial charge in [0.2, 0.25) is 0 Å². The molecule has 1 aliphatic carbocycles. The van der Waals surface area contributed by atoms with Gasteiger partial charge in [0, 0.05) is 23.8 Å². The molecule has 1 N–H and O–H groups in total. The van der Waals surface area contributed by atoms with E-state index >= 15 is 0 Å². The molecule has 1 aliphatic heterocycles. The monoisotopic (exact) mass is 288 g/mol. The van der Waals surface area contributed by atoms with E-state index in [0.717, 1.165) is 25.2 Å². The van der Waals surface area contributed by atoms with Gasteiger partial charge in [-0.25, -0.2) is 9.97 Å². The Morgan fingerprint density at radius 1 is 1.05 bits per heavy atom. The average molecular weight is 288 g/mol. The van der Waals surface area contributed by atoms with E-state index < -0.39 is 0 Å². The number of nitrogens with zero attached hydrogens (tertiary/aromatic N) is 3. The fourth-order valence-electron chi connectivity index (χ4n) is 3.63. The van der Waals surface area contributed by atoms with Crippen LogP contribution in [0.15, 0.2) is 6.33 Å². The first-order valence-corrected chi connectivity index (χ1v) is 8.64. The number of anilines is 1. The molecule has 0 spiro atoms. The van der Waals surface area contributed by atoms with Crippen LogP contribution in [0.3, 0.4) is 0 Å². The lowest BCUT2D eigenvalue weighted by atomic mass is 10.1. The highest BCUT2D eigenvalue weighted by Gasteiger charge is 2.17. The zero-order valence-electron chi connectivity index (χ0n) is 13.3. The maximum absolute atomic E-state index is 4.53. The van der Waals surface area contributed by atoms with Crippen molar-refractivity contribution in [2.45, 2.75) is 64.3 Å². The zero-order chi connectivity index (χ0) is 14.5. The number of piperidine rings is 1. The number of nitrogens with one attached hydrogen (secondary N) is 1. The Kier molecular flexibility index (Phi) is 5.07. The van der Waals surface area contributed by atoms with Gasteiger partial charge in [0.05, 0.1) is 0 Å². The van der Waals surface area contributed by atoms with E-state index in [1.807, 2.05) is 0 Å². The third-order valence-corrected chi connectivity index (χ3v) is 4.74. The lowest BCUT2D eigenvalue weighted by Gasteiger charge is -2.29. The van der Waals surface area contributed by atoms with Gasteiger partial charge in [0.1, 0.15) is 12.1 Å². The summed E-state index contributed by atoms with van der Waals surface area (Å²) in [6.07, 6.45) is 12.0. The largest absolute Gasteiger partial charge is 0.366 e. The number of hydrogen-bond acceptors (Lipinski definition) is 4. The van der Waals surface area contributed by atoms with Crippen molar-refractivity contribution in [3.8, 4) is 0 Å². The third-order valence-electron chi connectivity index (χ3n) is 4.74. The van der Waals surface area contributed by atoms with Crippen molar-refractivity contribution in [2.75, 3.05) is 25.0 Å². The summed E-state index contributed by atoms with van der Waals surface area (Å²) in [6.45, 7) is 5.92. The number of fused-ring (bicyclic) bond motifs is 1. The first-order chi connectivity index (χ1) is 10.3. The van der Waals surface area contributed by atoms with Crippen LogP contribution in [-0.2, 0) is 12.8 Å². The topological polar surface area (TPSA) is 41.0 Å². The number of aromatic nitrogens is 2. The van der Waals surface area contributed by atoms with Crippen LogP contribution in [0.1, 0.15) is 56.7 Å². The highest BCUT2D eigenvalue weighted by atomic mass is 15.2. The van der Waals surface area contributed by atoms with E-state index in [4.69, 9.17) is 0 Å². The van der Waals surface area contributed by atoms with E-state index in [0.29, 0.717) is 6.04 Å². The van der Waals surface area contributed by atoms with Crippen molar-refractivity contribution in [2.24, 2.45) is 0 Å². The van der Waals surface area contributed by atoms with Gasteiger partial charge in [-0.15, -0.1) is 0 Å². The van der Waals surface area contributed by atoms with Crippen LogP contribution in [0.25, 0.3) is 0 Å². The number of aryl methyl sites for hydroxylation is 1. The molecule has 2 aliphatic rings. The predicted molar refractivity (Wildman–Crippen MR) is 86.7 cm³/mol. The Morgan fingerprint density at radius 2 is 1.81 bits per heavy atom. The second-order valence-electron chi connectivity index (χ2n) is 6.61. The molecule has 4 nitrogen and oxygen atoms in total. The summed E-state index contributed by atoms with van der Waals surface area (Å²) >= 11 is 0. The first kappa shape index (κ1) is 14.8. The van der Waals surface area contributed by atoms with Crippen LogP contribution >= 0.6 is 0 Å². The van der Waals surface area contributed by atoms with Gasteiger partial charge in [0.15, 0.2) is 0 Å². The minimum absolute atomic E-state index is 0.449. The van der Waals surface area contributed by atoms with Crippen molar-refractivity contribution in [1.82, 2.24) is 14.9 Å². The van der Waals surface area contributed by atoms with Crippen molar-refractivity contribution in [3.05, 3.63) is 17.6 Å². The van der Waals surface area contributed by atoms with E-state index in [9.17, 15) is 0 Å². The molecule has 21 heavy (non-hydrogen) atoms. The highest BCUT2D eigenvalue weighted by Crippen LogP contribution is 2.24. The maximum Gasteiger partial charge on any atom is 0.133 e. The second-order valence-corrected chi connectivity index (χ2v) is 6.61. The van der Waals surface area contributed by atoms with Gasteiger partial charge in [-0.3, -0.25) is 0 Å². The molecular formula is C17H28N4. The maximum atomic E-state index is 4.53. The summed E-state index contributed by atoms with van der Waals surface area (Å²) in [4.78, 5) is 11.6. The summed E-state index contributed by atoms with van der Waals surface area (Å²) in [5.74, 6) is 1.09. The Balaban J connectivity index is 1.63. The van der Waals surface area contributed by atoms with Gasteiger partial charge < -0.3 is 10.2 Å². The summed E-state index contributed by atoms with van der Waals surface area (Å²) in [6, 6.07) is 0.449. The molecule has 0 amide bonds. The molecular weight excluding hydrogens is 260 g/mol. The van der Waals surface area contributed by atoms with Gasteiger partial charge in [-0.2, -0.15) is 0 Å². The van der Waals surface area contributed by atoms with Crippen LogP contribution in [0.4, 0.5) is 5.82 Å². The van der Waals surface area contributed by atoms with Gasteiger partial charge >= 0.3 is 0 Å². The smallest absolute Gasteiger partial charge is 0.133 e. The van der Waals surface area contributed by atoms with Gasteiger partial charge in [-0.05, 0) is 58.5 Å². The third kappa shape index (κ3) is 3.94. The Morgan fingerprint density at radius 3 is 2.67 bits per heavy atom. The average Bonchev–Trinajstić information content (AvgIpc) is 2.74. The Hall–Kier alpha value is -1.16. The molecule has 1 atom stereocenters. The number of likely N-dealkylation sites (tertiary alicyclic amines) is 1. The summed E-state index contributed by atoms with van der Waals surface area (Å²) in [5.41, 5.74) is 2.65. The second kappa shape index (κ2) is 7.21. The molecule has 0 aromatic carbocycles. The fourth-order valence-corrected chi connectivity index (χ4v) is 3.63. The minimum atomic E-state index is 0.449. The molecule has 2 heterocycles. The first-order valence-electron chi connectivity index (χ1n) is 8.64. The number of rotatable bonds is 4. The van der Waals surface area contributed by atoms with E-state index in [-0.39, 0.29) is 0 Å². The summed E-state index contributed by atoms with van der Waals surface area (Å²) in [7, 11) is 0. The van der Waals surface area contributed by atoms with Gasteiger partial charge in [0.25, 0.3) is 0 Å². The molecule has 0 bridgehead atoms. The Labute approximate surface area is 128 Å². The van der Waals surface area contributed by atoms with Gasteiger partial charge in [-0.1, -0.05) is 12.8 Å². The molecule has 1 unspecified atom stereocenters. The standard InChI is InChI=1S/C17H28N4/c1-14(12-21-10-6-3-7-11-21)20-17-15-8-4-2-5-9-16(15)18-13-19-17/h13-14H,2-12H2,1H3,(H,18,19,20). The lowest BCUT2D eigenvalue weighted by Crippen LogP contribution is -2.38. The quantitative estimate of drug-likeness (QED) is 0.865. The molecule has 0 radical (unpaired) electrons. The molecule has 116 valence electrons. The summed E-state index contributed by atoms with van der Waals surface area (Å²) < 4.78 is 0. The van der Waals surface area contributed by atoms with Crippen molar-refractivity contribution in [1.29, 1.82) is 0 Å². The fraction of sp³-hybridized carbons (Fsp3) is 0.765. The molecule has 4 heteroatoms. The predicted octanol–water partition coefficient (Wildman–Crippen LogP) is 3.03. The minimum Gasteiger partial charge on any atom is -0.366 e. The van der Waals surface area contributed by atoms with Crippen molar-refractivity contribution < 1.29 is 0 Å². The molecule has 1 fully saturated rings. The van der Waals surface area contributed by atoms with Crippen LogP contribution in [-0.4, -0.2) is 40.5 Å². The van der Waals surface area contributed by atoms with E-state index in [2.05, 4.69) is 27.1 Å². The Bertz CT molecular complexity index is 454. The lowest BCUT2D eigenvalue weighted by molar-refractivity contribution is 0.223. The van der Waals surface area contributed by atoms with Crippen molar-refractivity contribution in [3.63, 3.8) is 0 Å². The van der Waals surface area contributed by atoms with Crippen LogP contribution in [0, 0.1) is 0 Å².